The number of nitrogens with zero attached hydrogens (tertiary/aromatic N) is 4. The Balaban J connectivity index is 1.75. The first-order chi connectivity index (χ1) is 12.4. The van der Waals surface area contributed by atoms with Gasteiger partial charge in [0, 0.05) is 24.2 Å². The SMILES string of the molecule is CC1(N)CCN(c2nc3n[nH]c(-c4cccc(Cl)c4Cl)c3nc2Br)CC1. The molecule has 0 bridgehead atoms. The highest BCUT2D eigenvalue weighted by Gasteiger charge is 2.28. The number of hydrogen-bond acceptors (Lipinski definition) is 5. The van der Waals surface area contributed by atoms with Crippen molar-refractivity contribution in [3.63, 3.8) is 0 Å². The van der Waals surface area contributed by atoms with E-state index < -0.39 is 0 Å². The maximum atomic E-state index is 6.34. The van der Waals surface area contributed by atoms with E-state index in [-0.39, 0.29) is 5.54 Å². The number of aromatic nitrogens is 4. The number of nitrogens with two attached hydrogens (primary N) is 1. The molecule has 1 fully saturated rings. The number of H-pyrrole nitrogens is 1. The van der Waals surface area contributed by atoms with Gasteiger partial charge in [-0.15, -0.1) is 0 Å². The van der Waals surface area contributed by atoms with Crippen LogP contribution in [0.25, 0.3) is 22.4 Å². The summed E-state index contributed by atoms with van der Waals surface area (Å²) in [4.78, 5) is 11.6. The highest BCUT2D eigenvalue weighted by Crippen LogP contribution is 2.36. The van der Waals surface area contributed by atoms with E-state index in [0.717, 1.165) is 37.3 Å². The minimum absolute atomic E-state index is 0.122. The number of fused-ring (bicyclic) bond motifs is 1. The van der Waals surface area contributed by atoms with Crippen molar-refractivity contribution >= 4 is 56.1 Å². The van der Waals surface area contributed by atoms with Gasteiger partial charge in [-0.2, -0.15) is 5.10 Å². The molecule has 1 saturated heterocycles. The molecular weight excluding hydrogens is 439 g/mol. The third-order valence-electron chi connectivity index (χ3n) is 4.75. The molecule has 26 heavy (non-hydrogen) atoms. The Hall–Kier alpha value is -1.41. The summed E-state index contributed by atoms with van der Waals surface area (Å²) in [5.74, 6) is 0.781. The number of benzene rings is 1. The molecule has 4 rings (SSSR count). The fourth-order valence-electron chi connectivity index (χ4n) is 3.12. The van der Waals surface area contributed by atoms with Crippen LogP contribution in [0.5, 0.6) is 0 Å². The lowest BCUT2D eigenvalue weighted by atomic mass is 9.91. The van der Waals surface area contributed by atoms with Crippen LogP contribution in [0.15, 0.2) is 22.8 Å². The van der Waals surface area contributed by atoms with Crippen LogP contribution >= 0.6 is 39.1 Å². The van der Waals surface area contributed by atoms with Gasteiger partial charge in [0.05, 0.1) is 15.7 Å². The predicted octanol–water partition coefficient (Wildman–Crippen LogP) is 4.41. The molecule has 0 spiro atoms. The molecule has 6 nitrogen and oxygen atoms in total. The molecule has 3 aromatic rings. The molecule has 0 aliphatic carbocycles. The molecule has 0 radical (unpaired) electrons. The number of hydrogen-bond donors (Lipinski definition) is 2. The van der Waals surface area contributed by atoms with Gasteiger partial charge in [-0.05, 0) is 41.8 Å². The van der Waals surface area contributed by atoms with Crippen molar-refractivity contribution < 1.29 is 0 Å². The predicted molar refractivity (Wildman–Crippen MR) is 109 cm³/mol. The van der Waals surface area contributed by atoms with E-state index in [9.17, 15) is 0 Å². The first-order valence-corrected chi connectivity index (χ1v) is 9.80. The summed E-state index contributed by atoms with van der Waals surface area (Å²) in [5.41, 5.74) is 8.72. The molecule has 3 heterocycles. The van der Waals surface area contributed by atoms with Gasteiger partial charge in [-0.3, -0.25) is 5.10 Å². The van der Waals surface area contributed by atoms with E-state index in [1.54, 1.807) is 6.07 Å². The summed E-state index contributed by atoms with van der Waals surface area (Å²) in [6, 6.07) is 5.45. The zero-order chi connectivity index (χ0) is 18.5. The van der Waals surface area contributed by atoms with E-state index in [1.165, 1.54) is 0 Å². The van der Waals surface area contributed by atoms with E-state index in [4.69, 9.17) is 33.9 Å². The van der Waals surface area contributed by atoms with Crippen LogP contribution in [0.3, 0.4) is 0 Å². The Morgan fingerprint density at radius 1 is 1.23 bits per heavy atom. The number of halogens is 3. The molecule has 1 aliphatic heterocycles. The van der Waals surface area contributed by atoms with Crippen molar-refractivity contribution in [3.05, 3.63) is 32.8 Å². The molecule has 1 aliphatic rings. The van der Waals surface area contributed by atoms with E-state index >= 15 is 0 Å². The van der Waals surface area contributed by atoms with Gasteiger partial charge >= 0.3 is 0 Å². The van der Waals surface area contributed by atoms with Crippen molar-refractivity contribution in [2.75, 3.05) is 18.0 Å². The van der Waals surface area contributed by atoms with E-state index in [2.05, 4.69) is 42.9 Å². The van der Waals surface area contributed by atoms with Crippen LogP contribution in [0, 0.1) is 0 Å². The molecule has 1 aromatic carbocycles. The van der Waals surface area contributed by atoms with Crippen LogP contribution in [-0.4, -0.2) is 38.8 Å². The molecule has 0 amide bonds. The number of nitrogens with one attached hydrogen (secondary N) is 1. The lowest BCUT2D eigenvalue weighted by Crippen LogP contribution is -2.48. The smallest absolute Gasteiger partial charge is 0.202 e. The fourth-order valence-corrected chi connectivity index (χ4v) is 4.03. The third-order valence-corrected chi connectivity index (χ3v) is 6.11. The number of anilines is 1. The normalized spacial score (nSPS) is 17.0. The summed E-state index contributed by atoms with van der Waals surface area (Å²) in [6.45, 7) is 3.76. The second-order valence-electron chi connectivity index (χ2n) is 6.85. The van der Waals surface area contributed by atoms with Gasteiger partial charge in [0.2, 0.25) is 5.65 Å². The summed E-state index contributed by atoms with van der Waals surface area (Å²) >= 11 is 16.0. The summed E-state index contributed by atoms with van der Waals surface area (Å²) in [6.07, 6.45) is 1.81. The number of rotatable bonds is 2. The maximum Gasteiger partial charge on any atom is 0.202 e. The summed E-state index contributed by atoms with van der Waals surface area (Å²) in [5, 5.41) is 8.25. The molecule has 0 saturated carbocycles. The second kappa shape index (κ2) is 6.64. The highest BCUT2D eigenvalue weighted by molar-refractivity contribution is 9.10. The second-order valence-corrected chi connectivity index (χ2v) is 8.39. The zero-order valence-electron chi connectivity index (χ0n) is 14.1. The molecule has 0 atom stereocenters. The molecule has 3 N–H and O–H groups in total. The van der Waals surface area contributed by atoms with Crippen molar-refractivity contribution in [3.8, 4) is 11.3 Å². The lowest BCUT2D eigenvalue weighted by Gasteiger charge is -2.37. The van der Waals surface area contributed by atoms with Crippen LogP contribution in [0.4, 0.5) is 5.82 Å². The Morgan fingerprint density at radius 3 is 2.69 bits per heavy atom. The van der Waals surface area contributed by atoms with Gasteiger partial charge in [-0.1, -0.05) is 35.3 Å². The lowest BCUT2D eigenvalue weighted by molar-refractivity contribution is 0.363. The number of piperidine rings is 1. The van der Waals surface area contributed by atoms with Gasteiger partial charge < -0.3 is 10.6 Å². The average Bonchev–Trinajstić information content (AvgIpc) is 2.99. The largest absolute Gasteiger partial charge is 0.354 e. The molecule has 2 aromatic heterocycles. The maximum absolute atomic E-state index is 6.34. The average molecular weight is 456 g/mol. The minimum atomic E-state index is -0.122. The van der Waals surface area contributed by atoms with Gasteiger partial charge in [0.15, 0.2) is 5.82 Å². The standard InChI is InChI=1S/C17H17BrCl2N6/c1-17(21)5-7-26(8-6-17)16-14(18)22-13-12(24-25-15(13)23-16)9-3-2-4-10(19)11(9)20/h2-4H,5-8,21H2,1H3,(H,23,24,25). The minimum Gasteiger partial charge on any atom is -0.354 e. The van der Waals surface area contributed by atoms with Crippen molar-refractivity contribution in [2.24, 2.45) is 5.73 Å². The van der Waals surface area contributed by atoms with Crippen LogP contribution in [0.2, 0.25) is 10.0 Å². The van der Waals surface area contributed by atoms with Gasteiger partial charge in [0.1, 0.15) is 10.1 Å². The highest BCUT2D eigenvalue weighted by atomic mass is 79.9. The quantitative estimate of drug-likeness (QED) is 0.597. The first kappa shape index (κ1) is 18.0. The fraction of sp³-hybridized carbons (Fsp3) is 0.353. The van der Waals surface area contributed by atoms with Gasteiger partial charge in [-0.25, -0.2) is 9.97 Å². The van der Waals surface area contributed by atoms with Crippen molar-refractivity contribution in [1.82, 2.24) is 20.2 Å². The topological polar surface area (TPSA) is 83.7 Å². The third kappa shape index (κ3) is 3.17. The van der Waals surface area contributed by atoms with Crippen molar-refractivity contribution in [2.45, 2.75) is 25.3 Å². The Labute approximate surface area is 169 Å². The Bertz CT molecular complexity index is 977. The Kier molecular flexibility index (Phi) is 4.59. The summed E-state index contributed by atoms with van der Waals surface area (Å²) in [7, 11) is 0. The van der Waals surface area contributed by atoms with Crippen molar-refractivity contribution in [1.29, 1.82) is 0 Å². The van der Waals surface area contributed by atoms with E-state index in [0.29, 0.717) is 31.5 Å². The van der Waals surface area contributed by atoms with Crippen LogP contribution in [-0.2, 0) is 0 Å². The molecular formula is C17H17BrCl2N6. The molecule has 136 valence electrons. The van der Waals surface area contributed by atoms with Crippen LogP contribution in [0.1, 0.15) is 19.8 Å². The Morgan fingerprint density at radius 2 is 1.96 bits per heavy atom. The van der Waals surface area contributed by atoms with E-state index in [1.807, 2.05) is 12.1 Å². The van der Waals surface area contributed by atoms with Crippen LogP contribution < -0.4 is 10.6 Å². The zero-order valence-corrected chi connectivity index (χ0v) is 17.2. The van der Waals surface area contributed by atoms with Gasteiger partial charge in [0.25, 0.3) is 0 Å². The number of aromatic amines is 1. The molecule has 9 heteroatoms. The summed E-state index contributed by atoms with van der Waals surface area (Å²) < 4.78 is 0.673. The molecule has 0 unspecified atom stereocenters. The first-order valence-electron chi connectivity index (χ1n) is 8.25. The monoisotopic (exact) mass is 454 g/mol.